The molecule has 6 nitrogen and oxygen atoms in total. The van der Waals surface area contributed by atoms with Gasteiger partial charge in [0, 0.05) is 29.1 Å². The van der Waals surface area contributed by atoms with E-state index in [-0.39, 0.29) is 18.2 Å². The highest BCUT2D eigenvalue weighted by molar-refractivity contribution is 6.31. The molecule has 0 radical (unpaired) electrons. The largest absolute Gasteiger partial charge is 0.325 e. The number of fused-ring (bicyclic) bond motifs is 1. The molecule has 1 aliphatic heterocycles. The number of anilines is 2. The number of carbonyl (C=O) groups is 2. The Morgan fingerprint density at radius 1 is 1.27 bits per heavy atom. The fraction of sp³-hybridized carbons (Fsp3) is 0.211. The number of nitrogens with zero attached hydrogens (tertiary/aromatic N) is 2. The molecule has 1 fully saturated rings. The Labute approximate surface area is 155 Å². The SMILES string of the molecule is Cc1c(Cl)cccc1NC(=O)[C@H]1CC(=O)N(c2n[nH]c3ccccc23)C1. The van der Waals surface area contributed by atoms with Gasteiger partial charge in [0.1, 0.15) is 0 Å². The van der Waals surface area contributed by atoms with E-state index in [4.69, 9.17) is 11.6 Å². The van der Waals surface area contributed by atoms with Gasteiger partial charge >= 0.3 is 0 Å². The number of aromatic nitrogens is 2. The lowest BCUT2D eigenvalue weighted by Crippen LogP contribution is -2.28. The molecule has 1 saturated heterocycles. The molecule has 3 aromatic rings. The number of hydrogen-bond acceptors (Lipinski definition) is 3. The molecule has 26 heavy (non-hydrogen) atoms. The predicted molar refractivity (Wildman–Crippen MR) is 101 cm³/mol. The van der Waals surface area contributed by atoms with Crippen LogP contribution in [0.4, 0.5) is 11.5 Å². The first-order valence-corrected chi connectivity index (χ1v) is 8.72. The minimum atomic E-state index is -0.434. The van der Waals surface area contributed by atoms with Crippen molar-refractivity contribution in [1.82, 2.24) is 10.2 Å². The average Bonchev–Trinajstić information content (AvgIpc) is 3.22. The van der Waals surface area contributed by atoms with Crippen LogP contribution in [-0.4, -0.2) is 28.6 Å². The number of H-pyrrole nitrogens is 1. The van der Waals surface area contributed by atoms with E-state index in [0.29, 0.717) is 23.1 Å². The van der Waals surface area contributed by atoms with E-state index in [9.17, 15) is 9.59 Å². The topological polar surface area (TPSA) is 78.1 Å². The summed E-state index contributed by atoms with van der Waals surface area (Å²) in [5.41, 5.74) is 2.33. The minimum absolute atomic E-state index is 0.106. The lowest BCUT2D eigenvalue weighted by atomic mass is 10.1. The molecule has 0 aliphatic carbocycles. The molecule has 2 amide bonds. The fourth-order valence-corrected chi connectivity index (χ4v) is 3.39. The second-order valence-electron chi connectivity index (χ2n) is 6.40. The second kappa shape index (κ2) is 6.46. The third-order valence-corrected chi connectivity index (χ3v) is 5.14. The zero-order valence-corrected chi connectivity index (χ0v) is 14.9. The van der Waals surface area contributed by atoms with Crippen molar-refractivity contribution in [2.45, 2.75) is 13.3 Å². The van der Waals surface area contributed by atoms with Crippen molar-refractivity contribution in [3.05, 3.63) is 53.1 Å². The maximum atomic E-state index is 12.6. The van der Waals surface area contributed by atoms with Gasteiger partial charge in [-0.2, -0.15) is 5.10 Å². The third kappa shape index (κ3) is 2.82. The summed E-state index contributed by atoms with van der Waals surface area (Å²) >= 11 is 6.10. The van der Waals surface area contributed by atoms with Crippen molar-refractivity contribution >= 4 is 45.8 Å². The molecule has 2 heterocycles. The van der Waals surface area contributed by atoms with Crippen LogP contribution in [0.25, 0.3) is 10.9 Å². The quantitative estimate of drug-likeness (QED) is 0.742. The van der Waals surface area contributed by atoms with E-state index in [1.807, 2.05) is 31.2 Å². The van der Waals surface area contributed by atoms with E-state index in [0.717, 1.165) is 16.5 Å². The summed E-state index contributed by atoms with van der Waals surface area (Å²) in [6.45, 7) is 2.15. The van der Waals surface area contributed by atoms with Gasteiger partial charge in [-0.1, -0.05) is 29.8 Å². The van der Waals surface area contributed by atoms with Crippen molar-refractivity contribution in [3.8, 4) is 0 Å². The molecule has 0 saturated carbocycles. The van der Waals surface area contributed by atoms with E-state index in [1.54, 1.807) is 23.1 Å². The van der Waals surface area contributed by atoms with Crippen LogP contribution < -0.4 is 10.2 Å². The van der Waals surface area contributed by atoms with Crippen molar-refractivity contribution in [3.63, 3.8) is 0 Å². The highest BCUT2D eigenvalue weighted by atomic mass is 35.5. The van der Waals surface area contributed by atoms with Gasteiger partial charge in [-0.3, -0.25) is 19.6 Å². The van der Waals surface area contributed by atoms with Gasteiger partial charge in [-0.25, -0.2) is 0 Å². The Morgan fingerprint density at radius 3 is 2.92 bits per heavy atom. The maximum absolute atomic E-state index is 12.6. The van der Waals surface area contributed by atoms with E-state index >= 15 is 0 Å². The van der Waals surface area contributed by atoms with Crippen LogP contribution in [-0.2, 0) is 9.59 Å². The standard InChI is InChI=1S/C19H17ClN4O2/c1-11-14(20)6-4-8-15(11)21-19(26)12-9-17(25)24(10-12)18-13-5-2-3-7-16(13)22-23-18/h2-8,12H,9-10H2,1H3,(H,21,26)(H,22,23)/t12-/m0/s1. The monoisotopic (exact) mass is 368 g/mol. The number of amides is 2. The molecule has 1 atom stereocenters. The molecule has 1 aromatic heterocycles. The Morgan fingerprint density at radius 2 is 2.08 bits per heavy atom. The number of rotatable bonds is 3. The first-order chi connectivity index (χ1) is 12.5. The third-order valence-electron chi connectivity index (χ3n) is 4.73. The molecule has 7 heteroatoms. The Hall–Kier alpha value is -2.86. The van der Waals surface area contributed by atoms with Gasteiger partial charge in [0.2, 0.25) is 11.8 Å². The van der Waals surface area contributed by atoms with Gasteiger partial charge < -0.3 is 5.32 Å². The molecule has 0 spiro atoms. The van der Waals surface area contributed by atoms with Crippen molar-refractivity contribution in [1.29, 1.82) is 0 Å². The van der Waals surface area contributed by atoms with Gasteiger partial charge in [-0.05, 0) is 36.8 Å². The number of aromatic amines is 1. The summed E-state index contributed by atoms with van der Waals surface area (Å²) in [7, 11) is 0. The average molecular weight is 369 g/mol. The predicted octanol–water partition coefficient (Wildman–Crippen LogP) is 3.52. The number of carbonyl (C=O) groups excluding carboxylic acids is 2. The lowest BCUT2D eigenvalue weighted by Gasteiger charge is -2.15. The van der Waals surface area contributed by atoms with Crippen LogP contribution in [0.5, 0.6) is 0 Å². The summed E-state index contributed by atoms with van der Waals surface area (Å²) in [6, 6.07) is 13.0. The van der Waals surface area contributed by atoms with Gasteiger partial charge in [0.15, 0.2) is 5.82 Å². The van der Waals surface area contributed by atoms with Gasteiger partial charge in [-0.15, -0.1) is 0 Å². The van der Waals surface area contributed by atoms with Crippen molar-refractivity contribution in [2.24, 2.45) is 5.92 Å². The lowest BCUT2D eigenvalue weighted by molar-refractivity contribution is -0.122. The molecule has 0 unspecified atom stereocenters. The van der Waals surface area contributed by atoms with Crippen LogP contribution in [0.2, 0.25) is 5.02 Å². The summed E-state index contributed by atoms with van der Waals surface area (Å²) in [5.74, 6) is -0.160. The first kappa shape index (κ1) is 16.6. The highest BCUT2D eigenvalue weighted by Gasteiger charge is 2.37. The fourth-order valence-electron chi connectivity index (χ4n) is 3.22. The van der Waals surface area contributed by atoms with Gasteiger partial charge in [0.05, 0.1) is 11.4 Å². The normalized spacial score (nSPS) is 17.1. The Balaban J connectivity index is 1.54. The number of halogens is 1. The smallest absolute Gasteiger partial charge is 0.229 e. The Bertz CT molecular complexity index is 1010. The van der Waals surface area contributed by atoms with E-state index in [1.165, 1.54) is 0 Å². The second-order valence-corrected chi connectivity index (χ2v) is 6.81. The minimum Gasteiger partial charge on any atom is -0.325 e. The number of benzene rings is 2. The van der Waals surface area contributed by atoms with Crippen LogP contribution in [0.15, 0.2) is 42.5 Å². The van der Waals surface area contributed by atoms with Gasteiger partial charge in [0.25, 0.3) is 0 Å². The van der Waals surface area contributed by atoms with Crippen LogP contribution in [0.3, 0.4) is 0 Å². The van der Waals surface area contributed by atoms with Crippen LogP contribution in [0.1, 0.15) is 12.0 Å². The zero-order chi connectivity index (χ0) is 18.3. The van der Waals surface area contributed by atoms with Crippen LogP contribution in [0, 0.1) is 12.8 Å². The molecular formula is C19H17ClN4O2. The molecule has 0 bridgehead atoms. The number of nitrogens with one attached hydrogen (secondary N) is 2. The molecule has 132 valence electrons. The summed E-state index contributed by atoms with van der Waals surface area (Å²) in [5, 5.41) is 11.5. The summed E-state index contributed by atoms with van der Waals surface area (Å²) in [4.78, 5) is 26.7. The number of hydrogen-bond donors (Lipinski definition) is 2. The zero-order valence-electron chi connectivity index (χ0n) is 14.1. The number of para-hydroxylation sites is 1. The van der Waals surface area contributed by atoms with E-state index in [2.05, 4.69) is 15.5 Å². The Kier molecular flexibility index (Phi) is 4.12. The maximum Gasteiger partial charge on any atom is 0.229 e. The molecule has 2 aromatic carbocycles. The molecular weight excluding hydrogens is 352 g/mol. The molecule has 4 rings (SSSR count). The summed E-state index contributed by atoms with van der Waals surface area (Å²) < 4.78 is 0. The van der Waals surface area contributed by atoms with E-state index < -0.39 is 5.92 Å². The first-order valence-electron chi connectivity index (χ1n) is 8.34. The highest BCUT2D eigenvalue weighted by Crippen LogP contribution is 2.30. The van der Waals surface area contributed by atoms with Crippen molar-refractivity contribution in [2.75, 3.05) is 16.8 Å². The molecule has 1 aliphatic rings. The summed E-state index contributed by atoms with van der Waals surface area (Å²) in [6.07, 6.45) is 0.159. The van der Waals surface area contributed by atoms with Crippen LogP contribution >= 0.6 is 11.6 Å². The molecule has 2 N–H and O–H groups in total. The van der Waals surface area contributed by atoms with Crippen molar-refractivity contribution < 1.29 is 9.59 Å².